The number of hydrogen-bond donors (Lipinski definition) is 2. The van der Waals surface area contributed by atoms with Crippen LogP contribution in [0.5, 0.6) is 5.75 Å². The highest BCUT2D eigenvalue weighted by molar-refractivity contribution is 6.05. The first kappa shape index (κ1) is 37.9. The Bertz CT molecular complexity index is 2370. The molecule has 0 radical (unpaired) electrons. The average Bonchev–Trinajstić information content (AvgIpc) is 3.64. The van der Waals surface area contributed by atoms with Crippen LogP contribution in [0.3, 0.4) is 0 Å². The SMILES string of the molecule is COc1cc(N2CCC(N3CCN(CCF)CC3)CC2)ccc1Nc1nccc(-c2c(-c3cccc(C(=O)Nc4c(F)cccc4F)c3)nc3c(C)cccn23)n1. The molecule has 0 atom stereocenters. The number of hydrogen-bond acceptors (Lipinski definition) is 9. The summed E-state index contributed by atoms with van der Waals surface area (Å²) in [6.07, 6.45) is 5.72. The van der Waals surface area contributed by atoms with Gasteiger partial charge in [0.1, 0.15) is 35.4 Å². The van der Waals surface area contributed by atoms with Crippen LogP contribution in [-0.2, 0) is 0 Å². The van der Waals surface area contributed by atoms with Crippen molar-refractivity contribution < 1.29 is 22.7 Å². The fraction of sp³-hybridized carbons (Fsp3) is 0.302. The van der Waals surface area contributed by atoms with Gasteiger partial charge in [0.05, 0.1) is 29.9 Å². The predicted octanol–water partition coefficient (Wildman–Crippen LogP) is 7.61. The number of imidazole rings is 1. The fourth-order valence-electron chi connectivity index (χ4n) is 7.87. The van der Waals surface area contributed by atoms with Crippen molar-refractivity contribution in [2.75, 3.05) is 75.1 Å². The van der Waals surface area contributed by atoms with Gasteiger partial charge < -0.3 is 20.3 Å². The van der Waals surface area contributed by atoms with Crippen molar-refractivity contribution in [3.63, 3.8) is 0 Å². The number of piperidine rings is 1. The molecule has 0 aliphatic carbocycles. The number of piperazine rings is 1. The highest BCUT2D eigenvalue weighted by Gasteiger charge is 2.28. The van der Waals surface area contributed by atoms with E-state index in [1.165, 1.54) is 6.07 Å². The van der Waals surface area contributed by atoms with Crippen LogP contribution in [0.25, 0.3) is 28.3 Å². The van der Waals surface area contributed by atoms with E-state index in [2.05, 4.69) is 36.4 Å². The van der Waals surface area contributed by atoms with Crippen LogP contribution in [0.15, 0.2) is 91.3 Å². The number of methoxy groups -OCH3 is 1. The maximum absolute atomic E-state index is 14.4. The Labute approximate surface area is 329 Å². The van der Waals surface area contributed by atoms with Crippen molar-refractivity contribution in [2.45, 2.75) is 25.8 Å². The number of carbonyl (C=O) groups is 1. The quantitative estimate of drug-likeness (QED) is 0.138. The lowest BCUT2D eigenvalue weighted by Gasteiger charge is -2.43. The maximum atomic E-state index is 14.4. The first-order valence-corrected chi connectivity index (χ1v) is 19.2. The van der Waals surface area contributed by atoms with Gasteiger partial charge in [-0.2, -0.15) is 0 Å². The lowest BCUT2D eigenvalue weighted by Crippen LogP contribution is -2.53. The number of nitrogens with zero attached hydrogens (tertiary/aromatic N) is 7. The summed E-state index contributed by atoms with van der Waals surface area (Å²) < 4.78 is 49.3. The average molecular weight is 776 g/mol. The summed E-state index contributed by atoms with van der Waals surface area (Å²) in [7, 11) is 1.64. The monoisotopic (exact) mass is 775 g/mol. The zero-order chi connectivity index (χ0) is 39.5. The van der Waals surface area contributed by atoms with Crippen molar-refractivity contribution in [2.24, 2.45) is 0 Å². The van der Waals surface area contributed by atoms with E-state index >= 15 is 0 Å². The minimum atomic E-state index is -0.867. The molecular formula is C43H44F3N9O2. The number of fused-ring (bicyclic) bond motifs is 1. The smallest absolute Gasteiger partial charge is 0.255 e. The zero-order valence-corrected chi connectivity index (χ0v) is 31.9. The van der Waals surface area contributed by atoms with Crippen LogP contribution < -0.4 is 20.3 Å². The number of rotatable bonds is 11. The first-order valence-electron chi connectivity index (χ1n) is 19.2. The molecule has 2 fully saturated rings. The highest BCUT2D eigenvalue weighted by atomic mass is 19.1. The van der Waals surface area contributed by atoms with Crippen LogP contribution >= 0.6 is 0 Å². The molecule has 14 heteroatoms. The molecule has 0 unspecified atom stereocenters. The van der Waals surface area contributed by atoms with E-state index in [0.717, 1.165) is 75.5 Å². The Morgan fingerprint density at radius 2 is 1.67 bits per heavy atom. The molecule has 6 aromatic rings. The van der Waals surface area contributed by atoms with Gasteiger partial charge in [0.25, 0.3) is 5.91 Å². The number of halogens is 3. The van der Waals surface area contributed by atoms with Crippen LogP contribution in [0.2, 0.25) is 0 Å². The number of anilines is 4. The number of aryl methyl sites for hydroxylation is 1. The number of amides is 1. The molecule has 11 nitrogen and oxygen atoms in total. The summed E-state index contributed by atoms with van der Waals surface area (Å²) in [6.45, 7) is 7.94. The highest BCUT2D eigenvalue weighted by Crippen LogP contribution is 2.36. The minimum absolute atomic E-state index is 0.199. The second-order valence-corrected chi connectivity index (χ2v) is 14.4. The van der Waals surface area contributed by atoms with Crippen LogP contribution in [0.1, 0.15) is 28.8 Å². The van der Waals surface area contributed by atoms with Crippen molar-refractivity contribution in [1.82, 2.24) is 29.2 Å². The molecule has 3 aromatic carbocycles. The van der Waals surface area contributed by atoms with E-state index in [4.69, 9.17) is 14.7 Å². The third kappa shape index (κ3) is 8.00. The summed E-state index contributed by atoms with van der Waals surface area (Å²) in [5.41, 5.74) is 5.53. The van der Waals surface area contributed by atoms with Gasteiger partial charge in [-0.05, 0) is 73.9 Å². The molecule has 8 rings (SSSR count). The van der Waals surface area contributed by atoms with Gasteiger partial charge in [-0.25, -0.2) is 28.1 Å². The molecule has 2 N–H and O–H groups in total. The molecule has 2 saturated heterocycles. The molecule has 2 aliphatic heterocycles. The fourth-order valence-corrected chi connectivity index (χ4v) is 7.87. The van der Waals surface area contributed by atoms with Crippen LogP contribution in [0.4, 0.5) is 36.2 Å². The summed E-state index contributed by atoms with van der Waals surface area (Å²) in [5.74, 6) is -1.40. The normalized spacial score (nSPS) is 15.6. The molecule has 57 heavy (non-hydrogen) atoms. The van der Waals surface area contributed by atoms with Crippen molar-refractivity contribution in [3.05, 3.63) is 114 Å². The second kappa shape index (κ2) is 16.6. The molecule has 0 spiro atoms. The molecule has 5 heterocycles. The van der Waals surface area contributed by atoms with E-state index in [1.807, 2.05) is 47.9 Å². The predicted molar refractivity (Wildman–Crippen MR) is 216 cm³/mol. The molecule has 0 bridgehead atoms. The number of ether oxygens (including phenoxy) is 1. The number of pyridine rings is 1. The second-order valence-electron chi connectivity index (χ2n) is 14.4. The van der Waals surface area contributed by atoms with Crippen molar-refractivity contribution in [3.8, 4) is 28.4 Å². The third-order valence-corrected chi connectivity index (χ3v) is 10.9. The topological polar surface area (TPSA) is 103 Å². The number of carbonyl (C=O) groups excluding carboxylic acids is 1. The number of aromatic nitrogens is 4. The number of alkyl halides is 1. The largest absolute Gasteiger partial charge is 0.494 e. The lowest BCUT2D eigenvalue weighted by atomic mass is 10.0. The van der Waals surface area contributed by atoms with Gasteiger partial charge in [-0.3, -0.25) is 19.0 Å². The molecular weight excluding hydrogens is 732 g/mol. The standard InChI is InChI=1S/C43H44F3N9O2/c1-28-6-5-18-55-40(38(50-41(28)55)29-7-3-8-30(26-29)42(56)51-39-33(45)9-4-10-34(39)46)36-13-17-47-43(49-36)48-35-12-11-32(27-37(35)57-2)53-19-14-31(15-20-53)54-24-22-52(21-16-44)23-25-54/h3-13,17-18,26-27,31H,14-16,19-25H2,1-2H3,(H,51,56)(H,47,48,49). The number of benzene rings is 3. The van der Waals surface area contributed by atoms with E-state index < -0.39 is 23.2 Å². The lowest BCUT2D eigenvalue weighted by molar-refractivity contribution is 0.0816. The Kier molecular flexibility index (Phi) is 11.1. The first-order chi connectivity index (χ1) is 27.8. The Hall–Kier alpha value is -5.99. The van der Waals surface area contributed by atoms with Gasteiger partial charge in [0.15, 0.2) is 0 Å². The Balaban J connectivity index is 1.02. The van der Waals surface area contributed by atoms with E-state index in [9.17, 15) is 18.0 Å². The zero-order valence-electron chi connectivity index (χ0n) is 31.9. The summed E-state index contributed by atoms with van der Waals surface area (Å²) in [4.78, 5) is 34.9. The molecule has 3 aromatic heterocycles. The van der Waals surface area contributed by atoms with Gasteiger partial charge in [0, 0.05) is 87.1 Å². The molecule has 1 amide bonds. The third-order valence-electron chi connectivity index (χ3n) is 10.9. The van der Waals surface area contributed by atoms with E-state index in [1.54, 1.807) is 37.6 Å². The maximum Gasteiger partial charge on any atom is 0.255 e. The van der Waals surface area contributed by atoms with Crippen LogP contribution in [0, 0.1) is 18.6 Å². The van der Waals surface area contributed by atoms with Crippen molar-refractivity contribution in [1.29, 1.82) is 0 Å². The van der Waals surface area contributed by atoms with E-state index in [-0.39, 0.29) is 12.2 Å². The summed E-state index contributed by atoms with van der Waals surface area (Å²) in [6, 6.07) is 22.5. The number of nitrogens with one attached hydrogen (secondary N) is 2. The molecule has 2 aliphatic rings. The summed E-state index contributed by atoms with van der Waals surface area (Å²) >= 11 is 0. The van der Waals surface area contributed by atoms with Gasteiger partial charge in [-0.15, -0.1) is 0 Å². The number of para-hydroxylation sites is 1. The Morgan fingerprint density at radius 3 is 2.42 bits per heavy atom. The van der Waals surface area contributed by atoms with Gasteiger partial charge in [0.2, 0.25) is 5.95 Å². The van der Waals surface area contributed by atoms with Crippen molar-refractivity contribution >= 4 is 34.6 Å². The minimum Gasteiger partial charge on any atom is -0.494 e. The van der Waals surface area contributed by atoms with Crippen LogP contribution in [-0.4, -0.2) is 101 Å². The van der Waals surface area contributed by atoms with Gasteiger partial charge in [-0.1, -0.05) is 24.3 Å². The van der Waals surface area contributed by atoms with E-state index in [0.29, 0.717) is 58.3 Å². The van der Waals surface area contributed by atoms with Gasteiger partial charge >= 0.3 is 0 Å². The molecule has 294 valence electrons. The summed E-state index contributed by atoms with van der Waals surface area (Å²) in [5, 5.41) is 5.72. The molecule has 0 saturated carbocycles. The Morgan fingerprint density at radius 1 is 0.895 bits per heavy atom.